The first kappa shape index (κ1) is 11.8. The lowest BCUT2D eigenvalue weighted by Crippen LogP contribution is -2.34. The van der Waals surface area contributed by atoms with Crippen LogP contribution < -0.4 is 5.32 Å². The van der Waals surface area contributed by atoms with Gasteiger partial charge in [0.2, 0.25) is 0 Å². The van der Waals surface area contributed by atoms with E-state index in [9.17, 15) is 4.79 Å². The van der Waals surface area contributed by atoms with Crippen LogP contribution in [0.15, 0.2) is 17.8 Å². The number of carbonyl (C=O) groups is 1. The first-order valence-electron chi connectivity index (χ1n) is 5.27. The summed E-state index contributed by atoms with van der Waals surface area (Å²) in [5.74, 6) is -0.299. The lowest BCUT2D eigenvalue weighted by molar-refractivity contribution is -0.138. The molecule has 0 bridgehead atoms. The average Bonchev–Trinajstić information content (AvgIpc) is 2.73. The molecule has 2 heterocycles. The minimum Gasteiger partial charge on any atom is -0.480 e. The molecule has 90 valence electrons. The Labute approximate surface area is 103 Å². The molecule has 0 radical (unpaired) electrons. The van der Waals surface area contributed by atoms with Gasteiger partial charge in [-0.25, -0.2) is 14.8 Å². The number of hydrogen-bond donors (Lipinski definition) is 2. The summed E-state index contributed by atoms with van der Waals surface area (Å²) in [4.78, 5) is 19.3. The van der Waals surface area contributed by atoms with Crippen molar-refractivity contribution in [2.75, 3.05) is 5.32 Å². The summed E-state index contributed by atoms with van der Waals surface area (Å²) in [7, 11) is 0. The van der Waals surface area contributed by atoms with E-state index in [4.69, 9.17) is 5.11 Å². The number of aromatic nitrogens is 2. The molecule has 2 aromatic rings. The monoisotopic (exact) mass is 251 g/mol. The summed E-state index contributed by atoms with van der Waals surface area (Å²) in [5.41, 5.74) is 0.834. The van der Waals surface area contributed by atoms with Crippen LogP contribution in [0.4, 0.5) is 5.82 Å². The average molecular weight is 251 g/mol. The van der Waals surface area contributed by atoms with Gasteiger partial charge in [-0.2, -0.15) is 0 Å². The van der Waals surface area contributed by atoms with Crippen LogP contribution in [0.3, 0.4) is 0 Å². The Hall–Kier alpha value is -1.69. The molecular weight excluding hydrogens is 238 g/mol. The predicted octanol–water partition coefficient (Wildman–Crippen LogP) is 2.21. The summed E-state index contributed by atoms with van der Waals surface area (Å²) >= 11 is 1.50. The second-order valence-electron chi connectivity index (χ2n) is 4.06. The highest BCUT2D eigenvalue weighted by molar-refractivity contribution is 7.17. The van der Waals surface area contributed by atoms with E-state index in [1.54, 1.807) is 0 Å². The fourth-order valence-electron chi connectivity index (χ4n) is 1.55. The topological polar surface area (TPSA) is 75.1 Å². The molecule has 0 amide bonds. The number of carboxylic acids is 1. The zero-order chi connectivity index (χ0) is 12.4. The number of fused-ring (bicyclic) bond motifs is 1. The first-order chi connectivity index (χ1) is 8.09. The van der Waals surface area contributed by atoms with Crippen molar-refractivity contribution in [1.29, 1.82) is 0 Å². The number of carboxylic acid groups (broad SMARTS) is 1. The van der Waals surface area contributed by atoms with Crippen LogP contribution in [0.2, 0.25) is 0 Å². The van der Waals surface area contributed by atoms with Crippen molar-refractivity contribution >= 4 is 33.3 Å². The van der Waals surface area contributed by atoms with Crippen LogP contribution in [0.1, 0.15) is 13.8 Å². The number of aliphatic carboxylic acids is 1. The maximum Gasteiger partial charge on any atom is 0.326 e. The summed E-state index contributed by atoms with van der Waals surface area (Å²) in [6, 6.07) is 1.24. The van der Waals surface area contributed by atoms with E-state index in [0.717, 1.165) is 10.2 Å². The fraction of sp³-hybridized carbons (Fsp3) is 0.364. The van der Waals surface area contributed by atoms with E-state index < -0.39 is 12.0 Å². The van der Waals surface area contributed by atoms with E-state index in [1.165, 1.54) is 17.7 Å². The Morgan fingerprint density at radius 2 is 2.24 bits per heavy atom. The molecule has 0 aliphatic carbocycles. The highest BCUT2D eigenvalue weighted by Crippen LogP contribution is 2.26. The number of hydrogen-bond acceptors (Lipinski definition) is 5. The minimum absolute atomic E-state index is 0.0162. The van der Waals surface area contributed by atoms with Crippen LogP contribution in [-0.4, -0.2) is 27.1 Å². The van der Waals surface area contributed by atoms with Gasteiger partial charge in [-0.05, 0) is 17.4 Å². The zero-order valence-electron chi connectivity index (χ0n) is 9.54. The van der Waals surface area contributed by atoms with E-state index >= 15 is 0 Å². The molecular formula is C11H13N3O2S. The van der Waals surface area contributed by atoms with Gasteiger partial charge in [0.15, 0.2) is 0 Å². The van der Waals surface area contributed by atoms with Gasteiger partial charge >= 0.3 is 5.97 Å². The van der Waals surface area contributed by atoms with Crippen LogP contribution in [-0.2, 0) is 4.79 Å². The van der Waals surface area contributed by atoms with E-state index in [1.807, 2.05) is 25.3 Å². The van der Waals surface area contributed by atoms with Crippen molar-refractivity contribution in [1.82, 2.24) is 9.97 Å². The second kappa shape index (κ2) is 4.67. The van der Waals surface area contributed by atoms with Gasteiger partial charge in [0.05, 0.1) is 10.2 Å². The third-order valence-electron chi connectivity index (χ3n) is 2.47. The molecule has 0 fully saturated rings. The van der Waals surface area contributed by atoms with Crippen molar-refractivity contribution in [3.63, 3.8) is 0 Å². The molecule has 6 heteroatoms. The quantitative estimate of drug-likeness (QED) is 0.871. The Bertz CT molecular complexity index is 538. The number of rotatable bonds is 4. The summed E-state index contributed by atoms with van der Waals surface area (Å²) < 4.78 is 0.888. The maximum atomic E-state index is 11.1. The second-order valence-corrected chi connectivity index (χ2v) is 4.98. The molecule has 0 saturated carbocycles. The van der Waals surface area contributed by atoms with Crippen LogP contribution in [0, 0.1) is 5.92 Å². The number of nitrogens with zero attached hydrogens (tertiary/aromatic N) is 2. The third kappa shape index (κ3) is 2.36. The van der Waals surface area contributed by atoms with Gasteiger partial charge in [-0.3, -0.25) is 0 Å². The van der Waals surface area contributed by atoms with Gasteiger partial charge in [0.25, 0.3) is 0 Å². The molecule has 0 spiro atoms. The SMILES string of the molecule is CC(C)C(Nc1ncnc2ccsc12)C(=O)O. The Morgan fingerprint density at radius 1 is 1.47 bits per heavy atom. The smallest absolute Gasteiger partial charge is 0.326 e. The molecule has 1 atom stereocenters. The third-order valence-corrected chi connectivity index (χ3v) is 3.38. The zero-order valence-corrected chi connectivity index (χ0v) is 10.4. The van der Waals surface area contributed by atoms with Crippen molar-refractivity contribution in [3.05, 3.63) is 17.8 Å². The highest BCUT2D eigenvalue weighted by atomic mass is 32.1. The largest absolute Gasteiger partial charge is 0.480 e. The molecule has 1 unspecified atom stereocenters. The molecule has 0 aliphatic rings. The minimum atomic E-state index is -0.872. The van der Waals surface area contributed by atoms with E-state index in [0.29, 0.717) is 5.82 Å². The van der Waals surface area contributed by atoms with E-state index in [-0.39, 0.29) is 5.92 Å². The maximum absolute atomic E-state index is 11.1. The highest BCUT2D eigenvalue weighted by Gasteiger charge is 2.22. The predicted molar refractivity (Wildman–Crippen MR) is 67.3 cm³/mol. The van der Waals surface area contributed by atoms with Crippen molar-refractivity contribution < 1.29 is 9.90 Å². The van der Waals surface area contributed by atoms with Gasteiger partial charge in [0.1, 0.15) is 18.2 Å². The standard InChI is InChI=1S/C11H13N3O2S/c1-6(2)8(11(15)16)14-10-9-7(3-4-17-9)12-5-13-10/h3-6,8H,1-2H3,(H,15,16)(H,12,13,14). The van der Waals surface area contributed by atoms with Gasteiger partial charge in [-0.1, -0.05) is 13.8 Å². The van der Waals surface area contributed by atoms with Crippen LogP contribution >= 0.6 is 11.3 Å². The molecule has 0 aliphatic heterocycles. The number of nitrogens with one attached hydrogen (secondary N) is 1. The Balaban J connectivity index is 2.34. The van der Waals surface area contributed by atoms with Crippen LogP contribution in [0.5, 0.6) is 0 Å². The molecule has 2 rings (SSSR count). The van der Waals surface area contributed by atoms with Crippen LogP contribution in [0.25, 0.3) is 10.2 Å². The Kier molecular flexibility index (Phi) is 3.23. The normalized spacial score (nSPS) is 12.9. The fourth-order valence-corrected chi connectivity index (χ4v) is 2.35. The van der Waals surface area contributed by atoms with Crippen molar-refractivity contribution in [3.8, 4) is 0 Å². The summed E-state index contributed by atoms with van der Waals surface area (Å²) in [5, 5.41) is 14.0. The van der Waals surface area contributed by atoms with Gasteiger partial charge in [0, 0.05) is 0 Å². The summed E-state index contributed by atoms with van der Waals surface area (Å²) in [6.45, 7) is 3.72. The van der Waals surface area contributed by atoms with E-state index in [2.05, 4.69) is 15.3 Å². The number of anilines is 1. The lowest BCUT2D eigenvalue weighted by Gasteiger charge is -2.18. The Morgan fingerprint density at radius 3 is 2.88 bits per heavy atom. The number of thiophene rings is 1. The molecule has 0 aromatic carbocycles. The van der Waals surface area contributed by atoms with Crippen molar-refractivity contribution in [2.45, 2.75) is 19.9 Å². The van der Waals surface area contributed by atoms with Gasteiger partial charge < -0.3 is 10.4 Å². The molecule has 2 N–H and O–H groups in total. The van der Waals surface area contributed by atoms with Gasteiger partial charge in [-0.15, -0.1) is 11.3 Å². The summed E-state index contributed by atoms with van der Waals surface area (Å²) in [6.07, 6.45) is 1.44. The molecule has 5 nitrogen and oxygen atoms in total. The molecule has 17 heavy (non-hydrogen) atoms. The first-order valence-corrected chi connectivity index (χ1v) is 6.15. The molecule has 2 aromatic heterocycles. The van der Waals surface area contributed by atoms with Crippen molar-refractivity contribution in [2.24, 2.45) is 5.92 Å². The lowest BCUT2D eigenvalue weighted by atomic mass is 10.1. The molecule has 0 saturated heterocycles.